The van der Waals surface area contributed by atoms with Crippen molar-refractivity contribution in [2.45, 2.75) is 0 Å². The second-order valence-electron chi connectivity index (χ2n) is 5.83. The zero-order chi connectivity index (χ0) is 13.1. The summed E-state index contributed by atoms with van der Waals surface area (Å²) >= 11 is 0. The monoisotopic (exact) mass is 254 g/mol. The first kappa shape index (κ1) is 10.4. The Morgan fingerprint density at radius 3 is 2.55 bits per heavy atom. The molecular weight excluding hydrogens is 240 g/mol. The van der Waals surface area contributed by atoms with Gasteiger partial charge in [-0.25, -0.2) is 0 Å². The summed E-state index contributed by atoms with van der Waals surface area (Å²) < 4.78 is 0. The Balaban J connectivity index is 1.86. The Labute approximate surface area is 118 Å². The molecule has 0 saturated carbocycles. The van der Waals surface area contributed by atoms with Gasteiger partial charge >= 0.3 is 0 Å². The lowest BCUT2D eigenvalue weighted by atomic mass is 9.62. The van der Waals surface area contributed by atoms with E-state index in [0.29, 0.717) is 11.8 Å². The fourth-order valence-corrected chi connectivity index (χ4v) is 3.97. The maximum Gasteiger partial charge on any atom is 0.0205 e. The highest BCUT2D eigenvalue weighted by Crippen LogP contribution is 2.52. The van der Waals surface area contributed by atoms with Crippen molar-refractivity contribution in [1.29, 1.82) is 0 Å². The molecule has 2 atom stereocenters. The van der Waals surface area contributed by atoms with Gasteiger partial charge in [0.25, 0.3) is 0 Å². The standard InChI is InChI=1S/C20H14/c1-2-7-17-15(4-1)12-16-9-8-13-5-3-6-14-10-11-18(17)20(16)19(13)14/h1-12,19-20H. The van der Waals surface area contributed by atoms with Crippen LogP contribution in [0.3, 0.4) is 0 Å². The molecule has 2 unspecified atom stereocenters. The summed E-state index contributed by atoms with van der Waals surface area (Å²) in [5, 5.41) is 0. The number of hydrogen-bond acceptors (Lipinski definition) is 0. The molecule has 0 N–H and O–H groups in total. The number of rotatable bonds is 0. The van der Waals surface area contributed by atoms with E-state index in [9.17, 15) is 0 Å². The summed E-state index contributed by atoms with van der Waals surface area (Å²) in [6.07, 6.45) is 18.3. The minimum absolute atomic E-state index is 0.506. The van der Waals surface area contributed by atoms with Gasteiger partial charge in [0.05, 0.1) is 0 Å². The highest BCUT2D eigenvalue weighted by atomic mass is 14.4. The van der Waals surface area contributed by atoms with Crippen molar-refractivity contribution in [3.05, 3.63) is 94.6 Å². The van der Waals surface area contributed by atoms with Crippen LogP contribution in [0.4, 0.5) is 0 Å². The van der Waals surface area contributed by atoms with Crippen molar-refractivity contribution in [3.8, 4) is 0 Å². The molecule has 0 heteroatoms. The molecule has 4 aliphatic rings. The molecule has 1 aromatic carbocycles. The van der Waals surface area contributed by atoms with E-state index in [1.54, 1.807) is 0 Å². The molecule has 4 aliphatic carbocycles. The van der Waals surface area contributed by atoms with Crippen LogP contribution >= 0.6 is 0 Å². The molecule has 20 heavy (non-hydrogen) atoms. The molecule has 0 aromatic heterocycles. The summed E-state index contributed by atoms with van der Waals surface area (Å²) in [6.45, 7) is 0. The van der Waals surface area contributed by atoms with Crippen molar-refractivity contribution in [2.24, 2.45) is 11.8 Å². The number of hydrogen-bond donors (Lipinski definition) is 0. The third-order valence-electron chi connectivity index (χ3n) is 4.84. The normalized spacial score (nSPS) is 27.8. The molecule has 0 radical (unpaired) electrons. The zero-order valence-corrected chi connectivity index (χ0v) is 11.1. The van der Waals surface area contributed by atoms with E-state index >= 15 is 0 Å². The van der Waals surface area contributed by atoms with Gasteiger partial charge in [0, 0.05) is 11.8 Å². The first-order valence-electron chi connectivity index (χ1n) is 7.21. The second-order valence-corrected chi connectivity index (χ2v) is 5.83. The summed E-state index contributed by atoms with van der Waals surface area (Å²) in [5.74, 6) is 1.02. The van der Waals surface area contributed by atoms with Crippen LogP contribution in [-0.2, 0) is 0 Å². The molecule has 0 saturated heterocycles. The van der Waals surface area contributed by atoms with Gasteiger partial charge in [0.15, 0.2) is 0 Å². The predicted octanol–water partition coefficient (Wildman–Crippen LogP) is 4.71. The van der Waals surface area contributed by atoms with Crippen LogP contribution in [0.15, 0.2) is 83.5 Å². The summed E-state index contributed by atoms with van der Waals surface area (Å²) in [7, 11) is 0. The SMILES string of the molecule is C1=CC2=CC=C3c4ccccc4C=C4C=CC(=C1)C2C43. The molecule has 0 fully saturated rings. The van der Waals surface area contributed by atoms with E-state index in [-0.39, 0.29) is 0 Å². The van der Waals surface area contributed by atoms with Gasteiger partial charge in [-0.15, -0.1) is 0 Å². The Morgan fingerprint density at radius 1 is 0.700 bits per heavy atom. The quantitative estimate of drug-likeness (QED) is 0.629. The van der Waals surface area contributed by atoms with Crippen molar-refractivity contribution >= 4 is 11.6 Å². The Bertz CT molecular complexity index is 806. The van der Waals surface area contributed by atoms with Gasteiger partial charge in [-0.1, -0.05) is 72.9 Å². The van der Waals surface area contributed by atoms with Crippen molar-refractivity contribution in [3.63, 3.8) is 0 Å². The van der Waals surface area contributed by atoms with Crippen LogP contribution in [0.1, 0.15) is 11.1 Å². The number of allylic oxidation sites excluding steroid dienone is 11. The van der Waals surface area contributed by atoms with Crippen molar-refractivity contribution in [2.75, 3.05) is 0 Å². The Kier molecular flexibility index (Phi) is 1.88. The van der Waals surface area contributed by atoms with Crippen molar-refractivity contribution in [1.82, 2.24) is 0 Å². The van der Waals surface area contributed by atoms with Gasteiger partial charge in [-0.05, 0) is 33.4 Å². The third kappa shape index (κ3) is 1.21. The minimum Gasteiger partial charge on any atom is -0.0617 e. The average Bonchev–Trinajstić information content (AvgIpc) is 2.52. The molecule has 0 aliphatic heterocycles. The van der Waals surface area contributed by atoms with Crippen LogP contribution in [0.25, 0.3) is 11.6 Å². The smallest absolute Gasteiger partial charge is 0.0205 e. The molecule has 0 amide bonds. The van der Waals surface area contributed by atoms with Gasteiger partial charge in [-0.2, -0.15) is 0 Å². The van der Waals surface area contributed by atoms with Crippen molar-refractivity contribution < 1.29 is 0 Å². The lowest BCUT2D eigenvalue weighted by Crippen LogP contribution is -2.28. The van der Waals surface area contributed by atoms with Crippen LogP contribution < -0.4 is 0 Å². The van der Waals surface area contributed by atoms with Gasteiger partial charge in [0.1, 0.15) is 0 Å². The van der Waals surface area contributed by atoms with E-state index < -0.39 is 0 Å². The van der Waals surface area contributed by atoms with E-state index in [1.165, 1.54) is 33.4 Å². The molecule has 0 heterocycles. The van der Waals surface area contributed by atoms with Crippen LogP contribution in [-0.4, -0.2) is 0 Å². The molecule has 0 nitrogen and oxygen atoms in total. The largest absolute Gasteiger partial charge is 0.0617 e. The highest BCUT2D eigenvalue weighted by Gasteiger charge is 2.38. The van der Waals surface area contributed by atoms with Gasteiger partial charge < -0.3 is 0 Å². The summed E-state index contributed by atoms with van der Waals surface area (Å²) in [4.78, 5) is 0. The van der Waals surface area contributed by atoms with Gasteiger partial charge in [0.2, 0.25) is 0 Å². The molecule has 5 rings (SSSR count). The number of fused-ring (bicyclic) bond motifs is 2. The molecule has 94 valence electrons. The van der Waals surface area contributed by atoms with E-state index in [4.69, 9.17) is 0 Å². The third-order valence-corrected chi connectivity index (χ3v) is 4.84. The topological polar surface area (TPSA) is 0 Å². The Hall–Kier alpha value is -2.34. The van der Waals surface area contributed by atoms with E-state index in [1.807, 2.05) is 0 Å². The molecule has 0 spiro atoms. The van der Waals surface area contributed by atoms with E-state index in [0.717, 1.165) is 0 Å². The average molecular weight is 254 g/mol. The van der Waals surface area contributed by atoms with Crippen LogP contribution in [0.5, 0.6) is 0 Å². The molecular formula is C20H14. The highest BCUT2D eigenvalue weighted by molar-refractivity contribution is 5.87. The fourth-order valence-electron chi connectivity index (χ4n) is 3.97. The lowest BCUT2D eigenvalue weighted by Gasteiger charge is -2.41. The maximum atomic E-state index is 2.37. The fraction of sp³-hybridized carbons (Fsp3) is 0.100. The lowest BCUT2D eigenvalue weighted by molar-refractivity contribution is 0.602. The van der Waals surface area contributed by atoms with E-state index in [2.05, 4.69) is 72.9 Å². The first-order valence-corrected chi connectivity index (χ1v) is 7.21. The maximum absolute atomic E-state index is 2.37. The minimum atomic E-state index is 0.506. The Morgan fingerprint density at radius 2 is 1.55 bits per heavy atom. The second kappa shape index (κ2) is 3.61. The zero-order valence-electron chi connectivity index (χ0n) is 11.1. The summed E-state index contributed by atoms with van der Waals surface area (Å²) in [5.41, 5.74) is 8.60. The summed E-state index contributed by atoms with van der Waals surface area (Å²) in [6, 6.07) is 8.75. The van der Waals surface area contributed by atoms with Crippen LogP contribution in [0.2, 0.25) is 0 Å². The number of benzene rings is 1. The predicted molar refractivity (Wildman–Crippen MR) is 83.8 cm³/mol. The van der Waals surface area contributed by atoms with Gasteiger partial charge in [-0.3, -0.25) is 0 Å². The van der Waals surface area contributed by atoms with Crippen LogP contribution in [0, 0.1) is 11.8 Å². The first-order chi connectivity index (χ1) is 9.92. The molecule has 1 aromatic rings. The molecule has 0 bridgehead atoms.